The topological polar surface area (TPSA) is 15.3 Å². The average Bonchev–Trinajstić information content (AvgIpc) is 3.22. The lowest BCUT2D eigenvalue weighted by Crippen LogP contribution is -2.45. The zero-order valence-corrected chi connectivity index (χ0v) is 14.1. The molecule has 1 N–H and O–H groups in total. The molecule has 1 heterocycles. The van der Waals surface area contributed by atoms with Gasteiger partial charge in [0.2, 0.25) is 0 Å². The molecule has 1 atom stereocenters. The fraction of sp³-hybridized carbons (Fsp3) is 0.625. The van der Waals surface area contributed by atoms with Crippen LogP contribution in [0.25, 0.3) is 0 Å². The van der Waals surface area contributed by atoms with E-state index in [-0.39, 0.29) is 30.6 Å². The van der Waals surface area contributed by atoms with Gasteiger partial charge in [-0.05, 0) is 42.5 Å². The van der Waals surface area contributed by atoms with Crippen molar-refractivity contribution in [1.82, 2.24) is 10.2 Å². The molecular weight excluding hydrogens is 310 g/mol. The van der Waals surface area contributed by atoms with Gasteiger partial charge in [0.15, 0.2) is 0 Å². The summed E-state index contributed by atoms with van der Waals surface area (Å²) >= 11 is 0. The molecule has 1 saturated heterocycles. The molecule has 0 amide bonds. The van der Waals surface area contributed by atoms with E-state index in [1.807, 2.05) is 13.0 Å². The van der Waals surface area contributed by atoms with Gasteiger partial charge in [-0.1, -0.05) is 18.9 Å². The van der Waals surface area contributed by atoms with E-state index in [2.05, 4.69) is 10.2 Å². The Kier molecular flexibility index (Phi) is 7.41. The van der Waals surface area contributed by atoms with Gasteiger partial charge in [-0.3, -0.25) is 4.90 Å². The summed E-state index contributed by atoms with van der Waals surface area (Å²) in [7, 11) is 0. The lowest BCUT2D eigenvalue weighted by Gasteiger charge is -2.36. The van der Waals surface area contributed by atoms with Gasteiger partial charge in [0.05, 0.1) is 0 Å². The molecule has 21 heavy (non-hydrogen) atoms. The highest BCUT2D eigenvalue weighted by Crippen LogP contribution is 2.40. The van der Waals surface area contributed by atoms with E-state index in [0.29, 0.717) is 6.04 Å². The molecule has 1 saturated carbocycles. The summed E-state index contributed by atoms with van der Waals surface area (Å²) in [6, 6.07) is 5.77. The minimum Gasteiger partial charge on any atom is -0.314 e. The first-order chi connectivity index (χ1) is 9.24. The Morgan fingerprint density at radius 2 is 1.90 bits per heavy atom. The standard InChI is InChI=1S/C16H23FN2.2ClH/c1-12-10-14(17)4-5-15(12)16(11-13-2-3-13)19-8-6-18-7-9-19;;/h4-5,10,13,16,18H,2-3,6-9,11H2,1H3;2*1H/t16-;;/m0../s1. The second-order valence-corrected chi connectivity index (χ2v) is 5.98. The number of nitrogens with one attached hydrogen (secondary N) is 1. The molecule has 0 aromatic heterocycles. The maximum absolute atomic E-state index is 13.3. The van der Waals surface area contributed by atoms with Gasteiger partial charge in [-0.25, -0.2) is 4.39 Å². The number of piperazine rings is 1. The van der Waals surface area contributed by atoms with Crippen molar-refractivity contribution in [3.63, 3.8) is 0 Å². The van der Waals surface area contributed by atoms with Gasteiger partial charge in [-0.2, -0.15) is 0 Å². The SMILES string of the molecule is Cc1cc(F)ccc1[C@H](CC1CC1)N1CCNCC1.Cl.Cl. The van der Waals surface area contributed by atoms with Crippen molar-refractivity contribution in [2.24, 2.45) is 5.92 Å². The van der Waals surface area contributed by atoms with Crippen molar-refractivity contribution < 1.29 is 4.39 Å². The summed E-state index contributed by atoms with van der Waals surface area (Å²) in [5.41, 5.74) is 2.43. The number of rotatable bonds is 4. The molecule has 0 radical (unpaired) electrons. The van der Waals surface area contributed by atoms with E-state index < -0.39 is 0 Å². The van der Waals surface area contributed by atoms with Crippen LogP contribution in [0.2, 0.25) is 0 Å². The van der Waals surface area contributed by atoms with Crippen LogP contribution in [-0.2, 0) is 0 Å². The van der Waals surface area contributed by atoms with Crippen LogP contribution in [0.5, 0.6) is 0 Å². The fourth-order valence-corrected chi connectivity index (χ4v) is 3.15. The third kappa shape index (κ3) is 4.82. The van der Waals surface area contributed by atoms with Crippen molar-refractivity contribution in [2.45, 2.75) is 32.2 Å². The lowest BCUT2D eigenvalue weighted by atomic mass is 9.95. The molecule has 120 valence electrons. The number of benzene rings is 1. The first-order valence-electron chi connectivity index (χ1n) is 7.45. The quantitative estimate of drug-likeness (QED) is 0.902. The Hall–Kier alpha value is -0.350. The molecule has 1 aromatic rings. The molecule has 2 aliphatic rings. The average molecular weight is 335 g/mol. The minimum absolute atomic E-state index is 0. The summed E-state index contributed by atoms with van der Waals surface area (Å²) in [6.45, 7) is 6.39. The summed E-state index contributed by atoms with van der Waals surface area (Å²) in [5, 5.41) is 3.41. The van der Waals surface area contributed by atoms with E-state index in [9.17, 15) is 4.39 Å². The Labute approximate surface area is 139 Å². The Morgan fingerprint density at radius 1 is 1.24 bits per heavy atom. The molecule has 0 unspecified atom stereocenters. The molecule has 1 aromatic carbocycles. The van der Waals surface area contributed by atoms with Crippen LogP contribution in [0.15, 0.2) is 18.2 Å². The molecule has 1 aliphatic carbocycles. The van der Waals surface area contributed by atoms with Crippen molar-refractivity contribution >= 4 is 24.8 Å². The summed E-state index contributed by atoms with van der Waals surface area (Å²) in [6.07, 6.45) is 4.00. The lowest BCUT2D eigenvalue weighted by molar-refractivity contribution is 0.160. The van der Waals surface area contributed by atoms with Crippen LogP contribution < -0.4 is 5.32 Å². The van der Waals surface area contributed by atoms with Gasteiger partial charge in [0.25, 0.3) is 0 Å². The van der Waals surface area contributed by atoms with Gasteiger partial charge in [-0.15, -0.1) is 24.8 Å². The number of hydrogen-bond acceptors (Lipinski definition) is 2. The van der Waals surface area contributed by atoms with E-state index in [1.54, 1.807) is 12.1 Å². The van der Waals surface area contributed by atoms with Crippen molar-refractivity contribution in [3.05, 3.63) is 35.1 Å². The molecule has 3 rings (SSSR count). The molecule has 0 bridgehead atoms. The highest BCUT2D eigenvalue weighted by Gasteiger charge is 2.31. The molecule has 2 fully saturated rings. The Balaban J connectivity index is 0.00000110. The van der Waals surface area contributed by atoms with E-state index in [0.717, 1.165) is 37.7 Å². The molecular formula is C16H25Cl2FN2. The van der Waals surface area contributed by atoms with Gasteiger partial charge < -0.3 is 5.32 Å². The monoisotopic (exact) mass is 334 g/mol. The predicted octanol–water partition coefficient (Wildman–Crippen LogP) is 3.72. The maximum Gasteiger partial charge on any atom is 0.123 e. The maximum atomic E-state index is 13.3. The van der Waals surface area contributed by atoms with Crippen LogP contribution in [0.4, 0.5) is 4.39 Å². The molecule has 1 aliphatic heterocycles. The molecule has 2 nitrogen and oxygen atoms in total. The largest absolute Gasteiger partial charge is 0.314 e. The summed E-state index contributed by atoms with van der Waals surface area (Å²) in [4.78, 5) is 2.58. The number of hydrogen-bond donors (Lipinski definition) is 1. The molecule has 5 heteroatoms. The van der Waals surface area contributed by atoms with Crippen molar-refractivity contribution in [2.75, 3.05) is 26.2 Å². The highest BCUT2D eigenvalue weighted by molar-refractivity contribution is 5.85. The second kappa shape index (κ2) is 8.33. The number of aryl methyl sites for hydroxylation is 1. The van der Waals surface area contributed by atoms with E-state index in [4.69, 9.17) is 0 Å². The Morgan fingerprint density at radius 3 is 2.48 bits per heavy atom. The van der Waals surface area contributed by atoms with Gasteiger partial charge in [0, 0.05) is 32.2 Å². The fourth-order valence-electron chi connectivity index (χ4n) is 3.15. The van der Waals surface area contributed by atoms with E-state index >= 15 is 0 Å². The summed E-state index contributed by atoms with van der Waals surface area (Å²) in [5.74, 6) is 0.774. The summed E-state index contributed by atoms with van der Waals surface area (Å²) < 4.78 is 13.3. The normalized spacial score (nSPS) is 20.3. The second-order valence-electron chi connectivity index (χ2n) is 5.98. The third-order valence-corrected chi connectivity index (χ3v) is 4.44. The van der Waals surface area contributed by atoms with Crippen LogP contribution in [0.1, 0.15) is 36.4 Å². The van der Waals surface area contributed by atoms with Crippen LogP contribution in [0, 0.1) is 18.7 Å². The third-order valence-electron chi connectivity index (χ3n) is 4.44. The van der Waals surface area contributed by atoms with Crippen LogP contribution in [0.3, 0.4) is 0 Å². The number of halogens is 3. The highest BCUT2D eigenvalue weighted by atomic mass is 35.5. The minimum atomic E-state index is -0.119. The number of nitrogens with zero attached hydrogens (tertiary/aromatic N) is 1. The first kappa shape index (κ1) is 18.7. The first-order valence-corrected chi connectivity index (χ1v) is 7.45. The molecule has 0 spiro atoms. The van der Waals surface area contributed by atoms with Gasteiger partial charge in [0.1, 0.15) is 5.82 Å². The Bertz CT molecular complexity index is 446. The predicted molar refractivity (Wildman–Crippen MR) is 90.2 cm³/mol. The zero-order valence-electron chi connectivity index (χ0n) is 12.5. The smallest absolute Gasteiger partial charge is 0.123 e. The van der Waals surface area contributed by atoms with Crippen LogP contribution in [-0.4, -0.2) is 31.1 Å². The van der Waals surface area contributed by atoms with Crippen molar-refractivity contribution in [3.8, 4) is 0 Å². The van der Waals surface area contributed by atoms with E-state index in [1.165, 1.54) is 24.8 Å². The van der Waals surface area contributed by atoms with Crippen LogP contribution >= 0.6 is 24.8 Å². The van der Waals surface area contributed by atoms with Crippen molar-refractivity contribution in [1.29, 1.82) is 0 Å². The van der Waals surface area contributed by atoms with Gasteiger partial charge >= 0.3 is 0 Å². The zero-order chi connectivity index (χ0) is 13.2.